The Morgan fingerprint density at radius 3 is 2.33 bits per heavy atom. The van der Waals surface area contributed by atoms with Gasteiger partial charge in [-0.3, -0.25) is 4.79 Å². The van der Waals surface area contributed by atoms with Crippen molar-refractivity contribution in [1.82, 2.24) is 10.0 Å². The van der Waals surface area contributed by atoms with Gasteiger partial charge >= 0.3 is 5.97 Å². The molecule has 1 amide bonds. The van der Waals surface area contributed by atoms with Gasteiger partial charge in [-0.25, -0.2) is 13.2 Å². The highest BCUT2D eigenvalue weighted by molar-refractivity contribution is 7.89. The first kappa shape index (κ1) is 16.9. The number of carboxylic acids is 1. The molecule has 0 aliphatic heterocycles. The number of carbonyl (C=O) groups excluding carboxylic acids is 1. The molecule has 116 valence electrons. The molecule has 0 saturated heterocycles. The monoisotopic (exact) mass is 316 g/mol. The molecule has 1 rings (SSSR count). The van der Waals surface area contributed by atoms with Gasteiger partial charge in [-0.2, -0.15) is 4.72 Å². The maximum Gasteiger partial charge on any atom is 0.339 e. The van der Waals surface area contributed by atoms with Crippen LogP contribution >= 0.6 is 0 Å². The summed E-state index contributed by atoms with van der Waals surface area (Å²) in [6.07, 6.45) is 0. The van der Waals surface area contributed by atoms with E-state index < -0.39 is 39.3 Å². The molecule has 1 aromatic carbocycles. The molecule has 0 bridgehead atoms. The number of amides is 1. The van der Waals surface area contributed by atoms with E-state index in [1.165, 1.54) is 20.9 Å². The van der Waals surface area contributed by atoms with E-state index in [0.29, 0.717) is 0 Å². The van der Waals surface area contributed by atoms with E-state index in [4.69, 9.17) is 5.11 Å². The van der Waals surface area contributed by atoms with E-state index in [1.807, 2.05) is 0 Å². The lowest BCUT2D eigenvalue weighted by atomic mass is 10.1. The predicted molar refractivity (Wildman–Crippen MR) is 73.7 cm³/mol. The fourth-order valence-electron chi connectivity index (χ4n) is 1.70. The number of carbonyl (C=O) groups is 2. The van der Waals surface area contributed by atoms with E-state index in [-0.39, 0.29) is 10.5 Å². The standard InChI is InChI=1S/C12H16N2O6S/c1-6-4-9(15)8(12(17)18)5-10(6)21(19,20)14-7(2)11(16)13-3/h4-5,7,14-15H,1-3H3,(H,13,16)(H,17,18). The third-order valence-corrected chi connectivity index (χ3v) is 4.47. The molecule has 1 aromatic rings. The molecule has 1 atom stereocenters. The number of hydrogen-bond acceptors (Lipinski definition) is 5. The Morgan fingerprint density at radius 1 is 1.29 bits per heavy atom. The number of likely N-dealkylation sites (N-methyl/N-ethyl adjacent to an activating group) is 1. The first-order valence-corrected chi connectivity index (χ1v) is 7.39. The minimum Gasteiger partial charge on any atom is -0.507 e. The summed E-state index contributed by atoms with van der Waals surface area (Å²) in [6.45, 7) is 2.76. The van der Waals surface area contributed by atoms with Crippen molar-refractivity contribution in [1.29, 1.82) is 0 Å². The molecule has 0 spiro atoms. The van der Waals surface area contributed by atoms with Crippen LogP contribution in [0, 0.1) is 6.92 Å². The number of aromatic carboxylic acids is 1. The summed E-state index contributed by atoms with van der Waals surface area (Å²) in [6, 6.07) is 0.871. The lowest BCUT2D eigenvalue weighted by molar-refractivity contribution is -0.121. The fourth-order valence-corrected chi connectivity index (χ4v) is 3.16. The second-order valence-electron chi connectivity index (χ2n) is 4.40. The SMILES string of the molecule is CNC(=O)C(C)NS(=O)(=O)c1cc(C(=O)O)c(O)cc1C. The molecule has 21 heavy (non-hydrogen) atoms. The Hall–Kier alpha value is -2.13. The van der Waals surface area contributed by atoms with Gasteiger partial charge in [0.25, 0.3) is 0 Å². The van der Waals surface area contributed by atoms with Crippen LogP contribution in [0.5, 0.6) is 5.75 Å². The molecule has 4 N–H and O–H groups in total. The van der Waals surface area contributed by atoms with Crippen molar-refractivity contribution in [3.8, 4) is 5.75 Å². The zero-order chi connectivity index (χ0) is 16.4. The number of rotatable bonds is 5. The number of phenols is 1. The van der Waals surface area contributed by atoms with Crippen LogP contribution in [-0.2, 0) is 14.8 Å². The number of aryl methyl sites for hydroxylation is 1. The molecule has 1 unspecified atom stereocenters. The summed E-state index contributed by atoms with van der Waals surface area (Å²) in [7, 11) is -2.74. The van der Waals surface area contributed by atoms with Crippen LogP contribution in [-0.4, -0.2) is 43.6 Å². The van der Waals surface area contributed by atoms with Crippen molar-refractivity contribution in [2.24, 2.45) is 0 Å². The third kappa shape index (κ3) is 3.70. The highest BCUT2D eigenvalue weighted by Crippen LogP contribution is 2.25. The van der Waals surface area contributed by atoms with Crippen molar-refractivity contribution in [2.45, 2.75) is 24.8 Å². The Morgan fingerprint density at radius 2 is 1.86 bits per heavy atom. The minimum atomic E-state index is -4.10. The van der Waals surface area contributed by atoms with Crippen LogP contribution < -0.4 is 10.0 Å². The number of hydrogen-bond donors (Lipinski definition) is 4. The molecular formula is C12H16N2O6S. The Bertz CT molecular complexity index is 683. The van der Waals surface area contributed by atoms with Crippen molar-refractivity contribution >= 4 is 21.9 Å². The number of sulfonamides is 1. The number of aromatic hydroxyl groups is 1. The Labute approximate surface area is 121 Å². The highest BCUT2D eigenvalue weighted by atomic mass is 32.2. The summed E-state index contributed by atoms with van der Waals surface area (Å²) >= 11 is 0. The summed E-state index contributed by atoms with van der Waals surface area (Å²) < 4.78 is 26.5. The topological polar surface area (TPSA) is 133 Å². The molecule has 0 aliphatic rings. The number of benzene rings is 1. The zero-order valence-electron chi connectivity index (χ0n) is 11.7. The van der Waals surface area contributed by atoms with Crippen LogP contribution in [0.15, 0.2) is 17.0 Å². The van der Waals surface area contributed by atoms with E-state index in [9.17, 15) is 23.1 Å². The van der Waals surface area contributed by atoms with E-state index in [2.05, 4.69) is 10.0 Å². The van der Waals surface area contributed by atoms with Gasteiger partial charge in [0.05, 0.1) is 10.9 Å². The second-order valence-corrected chi connectivity index (χ2v) is 6.08. The molecule has 0 radical (unpaired) electrons. The van der Waals surface area contributed by atoms with Crippen molar-refractivity contribution in [3.05, 3.63) is 23.3 Å². The molecule has 0 heterocycles. The van der Waals surface area contributed by atoms with Crippen LogP contribution in [0.25, 0.3) is 0 Å². The second kappa shape index (κ2) is 6.10. The summed E-state index contributed by atoms with van der Waals surface area (Å²) in [4.78, 5) is 22.0. The number of nitrogens with one attached hydrogen (secondary N) is 2. The maximum atomic E-state index is 12.2. The van der Waals surface area contributed by atoms with Gasteiger partial charge in [0, 0.05) is 7.05 Å². The Balaban J connectivity index is 3.29. The lowest BCUT2D eigenvalue weighted by Crippen LogP contribution is -2.43. The van der Waals surface area contributed by atoms with Gasteiger partial charge < -0.3 is 15.5 Å². The summed E-state index contributed by atoms with van der Waals surface area (Å²) in [5.41, 5.74) is -0.373. The van der Waals surface area contributed by atoms with E-state index in [1.54, 1.807) is 0 Å². The first-order chi connectivity index (χ1) is 9.60. The summed E-state index contributed by atoms with van der Waals surface area (Å²) in [5.74, 6) is -2.52. The molecule has 0 aromatic heterocycles. The summed E-state index contributed by atoms with van der Waals surface area (Å²) in [5, 5.41) is 20.7. The molecule has 0 saturated carbocycles. The van der Waals surface area contributed by atoms with Crippen molar-refractivity contribution < 1.29 is 28.2 Å². The Kier molecular flexibility index (Phi) is 4.92. The largest absolute Gasteiger partial charge is 0.507 e. The van der Waals surface area contributed by atoms with Crippen molar-refractivity contribution in [2.75, 3.05) is 7.05 Å². The normalized spacial score (nSPS) is 12.7. The van der Waals surface area contributed by atoms with Crippen LogP contribution in [0.4, 0.5) is 0 Å². The quantitative estimate of drug-likeness (QED) is 0.595. The van der Waals surface area contributed by atoms with E-state index >= 15 is 0 Å². The predicted octanol–water partition coefficient (Wildman–Crippen LogP) is -0.188. The van der Waals surface area contributed by atoms with Crippen LogP contribution in [0.2, 0.25) is 0 Å². The fraction of sp³-hybridized carbons (Fsp3) is 0.333. The average molecular weight is 316 g/mol. The van der Waals surface area contributed by atoms with Gasteiger partial charge in [-0.05, 0) is 31.5 Å². The van der Waals surface area contributed by atoms with Crippen LogP contribution in [0.3, 0.4) is 0 Å². The minimum absolute atomic E-state index is 0.161. The molecule has 9 heteroatoms. The van der Waals surface area contributed by atoms with Gasteiger partial charge in [0.15, 0.2) is 0 Å². The average Bonchev–Trinajstić information content (AvgIpc) is 2.36. The van der Waals surface area contributed by atoms with Gasteiger partial charge in [-0.1, -0.05) is 0 Å². The van der Waals surface area contributed by atoms with E-state index in [0.717, 1.165) is 12.1 Å². The molecule has 0 aliphatic carbocycles. The van der Waals surface area contributed by atoms with Crippen LogP contribution in [0.1, 0.15) is 22.8 Å². The molecular weight excluding hydrogens is 300 g/mol. The zero-order valence-corrected chi connectivity index (χ0v) is 12.5. The third-order valence-electron chi connectivity index (χ3n) is 2.78. The van der Waals surface area contributed by atoms with Gasteiger partial charge in [0.1, 0.15) is 11.3 Å². The molecule has 8 nitrogen and oxygen atoms in total. The maximum absolute atomic E-state index is 12.2. The lowest BCUT2D eigenvalue weighted by Gasteiger charge is -2.15. The smallest absolute Gasteiger partial charge is 0.339 e. The van der Waals surface area contributed by atoms with Gasteiger partial charge in [0.2, 0.25) is 15.9 Å². The van der Waals surface area contributed by atoms with Crippen molar-refractivity contribution in [3.63, 3.8) is 0 Å². The van der Waals surface area contributed by atoms with Gasteiger partial charge in [-0.15, -0.1) is 0 Å². The number of carboxylic acid groups (broad SMARTS) is 1. The first-order valence-electron chi connectivity index (χ1n) is 5.91. The highest BCUT2D eigenvalue weighted by Gasteiger charge is 2.25. The molecule has 0 fully saturated rings.